The molecule has 0 spiro atoms. The van der Waals surface area contributed by atoms with E-state index in [9.17, 15) is 0 Å². The first-order chi connectivity index (χ1) is 8.24. The van der Waals surface area contributed by atoms with Gasteiger partial charge in [-0.15, -0.1) is 12.4 Å². The number of hydrogen-bond donors (Lipinski definition) is 3. The minimum Gasteiger partial charge on any atom is -0.497 e. The monoisotopic (exact) mass is 269 g/mol. The van der Waals surface area contributed by atoms with E-state index in [1.807, 2.05) is 18.3 Å². The first-order valence-corrected chi connectivity index (χ1v) is 5.84. The lowest BCUT2D eigenvalue weighted by molar-refractivity contribution is 0.415. The van der Waals surface area contributed by atoms with Crippen LogP contribution in [0.2, 0.25) is 0 Å². The van der Waals surface area contributed by atoms with Gasteiger partial charge in [0.25, 0.3) is 0 Å². The molecule has 4 nitrogen and oxygen atoms in total. The van der Waals surface area contributed by atoms with E-state index in [4.69, 9.17) is 16.2 Å². The predicted molar refractivity (Wildman–Crippen MR) is 77.4 cm³/mol. The van der Waals surface area contributed by atoms with Crippen molar-refractivity contribution in [3.05, 3.63) is 30.0 Å². The first kappa shape index (κ1) is 14.8. The van der Waals surface area contributed by atoms with E-state index >= 15 is 0 Å². The van der Waals surface area contributed by atoms with Crippen LogP contribution in [0.15, 0.2) is 24.4 Å². The second-order valence-corrected chi connectivity index (χ2v) is 4.26. The van der Waals surface area contributed by atoms with E-state index in [-0.39, 0.29) is 18.4 Å². The molecule has 1 aromatic heterocycles. The van der Waals surface area contributed by atoms with Crippen LogP contribution in [0.25, 0.3) is 10.9 Å². The quantitative estimate of drug-likeness (QED) is 0.775. The Morgan fingerprint density at radius 2 is 2.17 bits per heavy atom. The molecule has 5 heteroatoms. The highest BCUT2D eigenvalue weighted by atomic mass is 35.5. The highest BCUT2D eigenvalue weighted by Crippen LogP contribution is 2.24. The van der Waals surface area contributed by atoms with Crippen molar-refractivity contribution in [3.63, 3.8) is 0 Å². The number of nitrogens with one attached hydrogen (secondary N) is 1. The number of methoxy groups -OCH3 is 1. The van der Waals surface area contributed by atoms with E-state index in [0.29, 0.717) is 6.54 Å². The standard InChI is InChI=1S/C13H19N3O.ClH/c1-17-11-4-5-12-9(2-3-10(15)7-14)8-16-13(12)6-11;/h4-6,8,10,16H,2-3,7,14-15H2,1H3;1H. The number of fused-ring (bicyclic) bond motifs is 1. The fourth-order valence-corrected chi connectivity index (χ4v) is 1.96. The van der Waals surface area contributed by atoms with Gasteiger partial charge >= 0.3 is 0 Å². The van der Waals surface area contributed by atoms with Gasteiger partial charge in [0, 0.05) is 35.8 Å². The summed E-state index contributed by atoms with van der Waals surface area (Å²) in [6, 6.07) is 6.14. The maximum atomic E-state index is 5.82. The van der Waals surface area contributed by atoms with Gasteiger partial charge in [0.05, 0.1) is 7.11 Å². The summed E-state index contributed by atoms with van der Waals surface area (Å²) in [4.78, 5) is 3.25. The normalized spacial score (nSPS) is 12.2. The van der Waals surface area contributed by atoms with Crippen molar-refractivity contribution >= 4 is 23.3 Å². The van der Waals surface area contributed by atoms with Crippen molar-refractivity contribution in [1.29, 1.82) is 0 Å². The van der Waals surface area contributed by atoms with Crippen LogP contribution < -0.4 is 16.2 Å². The number of benzene rings is 1. The van der Waals surface area contributed by atoms with Gasteiger partial charge in [-0.2, -0.15) is 0 Å². The Balaban J connectivity index is 0.00000162. The topological polar surface area (TPSA) is 77.1 Å². The van der Waals surface area contributed by atoms with Crippen LogP contribution in [0.5, 0.6) is 5.75 Å². The van der Waals surface area contributed by atoms with Crippen molar-refractivity contribution in [2.24, 2.45) is 11.5 Å². The molecular weight excluding hydrogens is 250 g/mol. The summed E-state index contributed by atoms with van der Waals surface area (Å²) in [7, 11) is 1.67. The van der Waals surface area contributed by atoms with Crippen LogP contribution in [0.3, 0.4) is 0 Å². The van der Waals surface area contributed by atoms with Crippen molar-refractivity contribution in [3.8, 4) is 5.75 Å². The number of aromatic nitrogens is 1. The van der Waals surface area contributed by atoms with E-state index in [0.717, 1.165) is 24.1 Å². The van der Waals surface area contributed by atoms with Gasteiger partial charge < -0.3 is 21.2 Å². The minimum atomic E-state index is 0. The maximum absolute atomic E-state index is 5.82. The van der Waals surface area contributed by atoms with E-state index in [2.05, 4.69) is 11.1 Å². The summed E-state index contributed by atoms with van der Waals surface area (Å²) in [5, 5.41) is 1.23. The second-order valence-electron chi connectivity index (χ2n) is 4.26. The molecule has 0 saturated heterocycles. The molecule has 1 aromatic carbocycles. The average molecular weight is 270 g/mol. The Hall–Kier alpha value is -1.23. The summed E-state index contributed by atoms with van der Waals surface area (Å²) in [6.07, 6.45) is 3.90. The zero-order chi connectivity index (χ0) is 12.3. The predicted octanol–water partition coefficient (Wildman–Crippen LogP) is 1.82. The SMILES string of the molecule is COc1ccc2c(CCC(N)CN)c[nH]c2c1.Cl. The van der Waals surface area contributed by atoms with Gasteiger partial charge in [0.2, 0.25) is 0 Å². The lowest BCUT2D eigenvalue weighted by Crippen LogP contribution is -2.29. The molecular formula is C13H20ClN3O. The molecule has 0 aliphatic carbocycles. The zero-order valence-electron chi connectivity index (χ0n) is 10.5. The summed E-state index contributed by atoms with van der Waals surface area (Å²) in [6.45, 7) is 0.538. The number of halogens is 1. The molecule has 0 aliphatic rings. The summed E-state index contributed by atoms with van der Waals surface area (Å²) < 4.78 is 5.19. The third kappa shape index (κ3) is 3.16. The van der Waals surface area contributed by atoms with E-state index in [1.165, 1.54) is 10.9 Å². The molecule has 100 valence electrons. The third-order valence-electron chi connectivity index (χ3n) is 3.06. The number of ether oxygens (including phenoxy) is 1. The van der Waals surface area contributed by atoms with Gasteiger partial charge in [-0.05, 0) is 30.5 Å². The highest BCUT2D eigenvalue weighted by Gasteiger charge is 2.06. The van der Waals surface area contributed by atoms with Crippen LogP contribution in [-0.4, -0.2) is 24.7 Å². The first-order valence-electron chi connectivity index (χ1n) is 5.84. The molecule has 2 aromatic rings. The van der Waals surface area contributed by atoms with Crippen molar-refractivity contribution in [1.82, 2.24) is 4.98 Å². The highest BCUT2D eigenvalue weighted by molar-refractivity contribution is 5.85. The van der Waals surface area contributed by atoms with Crippen LogP contribution in [0.1, 0.15) is 12.0 Å². The smallest absolute Gasteiger partial charge is 0.120 e. The van der Waals surface area contributed by atoms with Gasteiger partial charge in [-0.1, -0.05) is 0 Å². The van der Waals surface area contributed by atoms with Gasteiger partial charge in [0.15, 0.2) is 0 Å². The largest absolute Gasteiger partial charge is 0.497 e. The fourth-order valence-electron chi connectivity index (χ4n) is 1.96. The Morgan fingerprint density at radius 1 is 1.39 bits per heavy atom. The van der Waals surface area contributed by atoms with Crippen LogP contribution in [0, 0.1) is 0 Å². The van der Waals surface area contributed by atoms with Gasteiger partial charge in [-0.25, -0.2) is 0 Å². The Labute approximate surface area is 113 Å². The molecule has 18 heavy (non-hydrogen) atoms. The molecule has 1 unspecified atom stereocenters. The molecule has 0 saturated carbocycles. The molecule has 0 amide bonds. The van der Waals surface area contributed by atoms with Gasteiger partial charge in [0.1, 0.15) is 5.75 Å². The molecule has 0 fully saturated rings. The summed E-state index contributed by atoms with van der Waals surface area (Å²) in [5.74, 6) is 0.865. The van der Waals surface area contributed by atoms with Crippen LogP contribution in [-0.2, 0) is 6.42 Å². The zero-order valence-corrected chi connectivity index (χ0v) is 11.3. The number of H-pyrrole nitrogens is 1. The van der Waals surface area contributed by atoms with Crippen molar-refractivity contribution in [2.75, 3.05) is 13.7 Å². The molecule has 2 rings (SSSR count). The Kier molecular flexibility index (Phi) is 5.47. The van der Waals surface area contributed by atoms with E-state index in [1.54, 1.807) is 7.11 Å². The molecule has 0 bridgehead atoms. The Morgan fingerprint density at radius 3 is 2.83 bits per heavy atom. The van der Waals surface area contributed by atoms with Gasteiger partial charge in [-0.3, -0.25) is 0 Å². The summed E-state index contributed by atoms with van der Waals surface area (Å²) >= 11 is 0. The van der Waals surface area contributed by atoms with Crippen molar-refractivity contribution in [2.45, 2.75) is 18.9 Å². The number of rotatable bonds is 5. The maximum Gasteiger partial charge on any atom is 0.120 e. The number of aryl methyl sites for hydroxylation is 1. The number of nitrogens with two attached hydrogens (primary N) is 2. The molecule has 1 atom stereocenters. The Bertz CT molecular complexity index is 498. The molecule has 1 heterocycles. The molecule has 0 aliphatic heterocycles. The minimum absolute atomic E-state index is 0. The molecule has 0 radical (unpaired) electrons. The number of hydrogen-bond acceptors (Lipinski definition) is 3. The lowest BCUT2D eigenvalue weighted by atomic mass is 10.0. The average Bonchev–Trinajstić information content (AvgIpc) is 2.77. The van der Waals surface area contributed by atoms with Crippen molar-refractivity contribution < 1.29 is 4.74 Å². The van der Waals surface area contributed by atoms with Crippen LogP contribution in [0.4, 0.5) is 0 Å². The second kappa shape index (κ2) is 6.64. The molecule has 5 N–H and O–H groups in total. The summed E-state index contributed by atoms with van der Waals surface area (Å²) in [5.41, 5.74) is 13.7. The van der Waals surface area contributed by atoms with Crippen LogP contribution >= 0.6 is 12.4 Å². The lowest BCUT2D eigenvalue weighted by Gasteiger charge is -2.07. The fraction of sp³-hybridized carbons (Fsp3) is 0.385. The third-order valence-corrected chi connectivity index (χ3v) is 3.06. The number of aromatic amines is 1. The van der Waals surface area contributed by atoms with E-state index < -0.39 is 0 Å².